The van der Waals surface area contributed by atoms with Gasteiger partial charge in [0.15, 0.2) is 22.1 Å². The van der Waals surface area contributed by atoms with Crippen LogP contribution in [-0.2, 0) is 4.74 Å². The minimum atomic E-state index is 0.00192. The van der Waals surface area contributed by atoms with Crippen LogP contribution in [0.15, 0.2) is 40.2 Å². The Balaban J connectivity index is 1.77. The third-order valence-electron chi connectivity index (χ3n) is 4.14. The zero-order valence-corrected chi connectivity index (χ0v) is 16.2. The lowest BCUT2D eigenvalue weighted by Gasteiger charge is -2.23. The van der Waals surface area contributed by atoms with E-state index in [4.69, 9.17) is 4.74 Å². The second-order valence-corrected chi connectivity index (χ2v) is 7.53. The van der Waals surface area contributed by atoms with Crippen LogP contribution in [0.1, 0.15) is 25.5 Å². The summed E-state index contributed by atoms with van der Waals surface area (Å²) >= 11 is 5.01. The first-order valence-electron chi connectivity index (χ1n) is 8.17. The van der Waals surface area contributed by atoms with Gasteiger partial charge in [-0.05, 0) is 43.7 Å². The minimum absolute atomic E-state index is 0.00192. The summed E-state index contributed by atoms with van der Waals surface area (Å²) in [6.07, 6.45) is 7.05. The van der Waals surface area contributed by atoms with Gasteiger partial charge in [0.2, 0.25) is 0 Å². The number of imidazole rings is 1. The Morgan fingerprint density at radius 1 is 1.32 bits per heavy atom. The van der Waals surface area contributed by atoms with Crippen molar-refractivity contribution in [1.29, 1.82) is 0 Å². The van der Waals surface area contributed by atoms with E-state index >= 15 is 0 Å². The van der Waals surface area contributed by atoms with Crippen LogP contribution in [0.25, 0.3) is 11.2 Å². The second-order valence-electron chi connectivity index (χ2n) is 5.84. The number of hydrogen-bond acceptors (Lipinski definition) is 6. The largest absolute Gasteiger partial charge is 0.358 e. The molecule has 6 nitrogen and oxygen atoms in total. The molecule has 8 heteroatoms. The van der Waals surface area contributed by atoms with Gasteiger partial charge in [-0.25, -0.2) is 15.0 Å². The molecule has 1 atom stereocenters. The van der Waals surface area contributed by atoms with Crippen molar-refractivity contribution in [2.24, 2.45) is 0 Å². The molecule has 1 saturated heterocycles. The summed E-state index contributed by atoms with van der Waals surface area (Å²) in [4.78, 5) is 13.8. The lowest BCUT2D eigenvalue weighted by atomic mass is 10.2. The summed E-state index contributed by atoms with van der Waals surface area (Å²) in [7, 11) is 0. The van der Waals surface area contributed by atoms with Crippen molar-refractivity contribution >= 4 is 50.4 Å². The van der Waals surface area contributed by atoms with E-state index in [1.165, 1.54) is 11.8 Å². The Hall–Kier alpha value is -1.64. The molecule has 0 radical (unpaired) electrons. The molecule has 25 heavy (non-hydrogen) atoms. The normalized spacial score (nSPS) is 17.8. The summed E-state index contributed by atoms with van der Waals surface area (Å²) in [5.74, 6) is 0.710. The lowest BCUT2D eigenvalue weighted by Crippen LogP contribution is -2.17. The fourth-order valence-electron chi connectivity index (χ4n) is 2.93. The third-order valence-corrected chi connectivity index (χ3v) is 5.18. The quantitative estimate of drug-likeness (QED) is 0.485. The highest BCUT2D eigenvalue weighted by molar-refractivity contribution is 9.10. The number of ether oxygens (including phenoxy) is 1. The number of hydrogen-bond donors (Lipinski definition) is 1. The Bertz CT molecular complexity index is 894. The predicted octanol–water partition coefficient (Wildman–Crippen LogP) is 4.75. The molecule has 0 amide bonds. The molecule has 0 spiro atoms. The van der Waals surface area contributed by atoms with E-state index in [2.05, 4.69) is 36.2 Å². The zero-order chi connectivity index (χ0) is 17.2. The van der Waals surface area contributed by atoms with Crippen molar-refractivity contribution in [3.05, 3.63) is 35.1 Å². The molecule has 1 aliphatic heterocycles. The smallest absolute Gasteiger partial charge is 0.191 e. The van der Waals surface area contributed by atoms with Gasteiger partial charge in [-0.2, -0.15) is 0 Å². The summed E-state index contributed by atoms with van der Waals surface area (Å²) in [5.41, 5.74) is 2.51. The van der Waals surface area contributed by atoms with Gasteiger partial charge in [0.1, 0.15) is 6.23 Å². The Labute approximate surface area is 158 Å². The number of rotatable bonds is 4. The van der Waals surface area contributed by atoms with E-state index in [0.717, 1.165) is 47.2 Å². The zero-order valence-electron chi connectivity index (χ0n) is 13.8. The number of nitrogens with one attached hydrogen (secondary N) is 1. The van der Waals surface area contributed by atoms with Gasteiger partial charge < -0.3 is 10.1 Å². The topological polar surface area (TPSA) is 64.9 Å². The highest BCUT2D eigenvalue weighted by Crippen LogP contribution is 2.30. The maximum absolute atomic E-state index is 5.91. The van der Waals surface area contributed by atoms with E-state index in [0.29, 0.717) is 11.0 Å². The number of thioether (sulfide) groups is 1. The second kappa shape index (κ2) is 7.31. The van der Waals surface area contributed by atoms with Crippen molar-refractivity contribution in [2.75, 3.05) is 18.2 Å². The maximum Gasteiger partial charge on any atom is 0.191 e. The molecule has 2 aromatic heterocycles. The maximum atomic E-state index is 5.91. The van der Waals surface area contributed by atoms with Crippen molar-refractivity contribution in [3.63, 3.8) is 0 Å². The standard InChI is InChI=1S/C17H18BrN5OS/c1-25-17-21-15(20-12-6-4-5-11(18)9-12)14-16(22-17)23(10-19-14)13-7-2-3-8-24-13/h4-6,9-10,13H,2-3,7-8H2,1H3,(H,20,21,22). The number of anilines is 2. The van der Waals surface area contributed by atoms with Gasteiger partial charge in [0.25, 0.3) is 0 Å². The van der Waals surface area contributed by atoms with Crippen LogP contribution in [0.5, 0.6) is 0 Å². The molecule has 0 aliphatic carbocycles. The van der Waals surface area contributed by atoms with Gasteiger partial charge in [0.05, 0.1) is 6.33 Å². The van der Waals surface area contributed by atoms with Crippen LogP contribution >= 0.6 is 27.7 Å². The summed E-state index contributed by atoms with van der Waals surface area (Å²) in [6, 6.07) is 7.98. The first kappa shape index (κ1) is 16.8. The molecule has 130 valence electrons. The van der Waals surface area contributed by atoms with Crippen LogP contribution in [-0.4, -0.2) is 32.4 Å². The Morgan fingerprint density at radius 3 is 3.00 bits per heavy atom. The highest BCUT2D eigenvalue weighted by Gasteiger charge is 2.21. The van der Waals surface area contributed by atoms with Gasteiger partial charge in [0, 0.05) is 16.8 Å². The Morgan fingerprint density at radius 2 is 2.24 bits per heavy atom. The minimum Gasteiger partial charge on any atom is -0.358 e. The van der Waals surface area contributed by atoms with Gasteiger partial charge in [-0.3, -0.25) is 4.57 Å². The molecule has 1 aromatic carbocycles. The average molecular weight is 420 g/mol. The fraction of sp³-hybridized carbons (Fsp3) is 0.353. The Kier molecular flexibility index (Phi) is 4.91. The highest BCUT2D eigenvalue weighted by atomic mass is 79.9. The predicted molar refractivity (Wildman–Crippen MR) is 103 cm³/mol. The molecule has 3 aromatic rings. The number of nitrogens with zero attached hydrogens (tertiary/aromatic N) is 4. The molecule has 0 bridgehead atoms. The number of benzene rings is 1. The van der Waals surface area contributed by atoms with Crippen molar-refractivity contribution < 1.29 is 4.74 Å². The van der Waals surface area contributed by atoms with Crippen molar-refractivity contribution in [3.8, 4) is 0 Å². The van der Waals surface area contributed by atoms with E-state index in [-0.39, 0.29) is 6.23 Å². The SMILES string of the molecule is CSc1nc(Nc2cccc(Br)c2)c2ncn(C3CCCCO3)c2n1. The van der Waals surface area contributed by atoms with Crippen LogP contribution < -0.4 is 5.32 Å². The van der Waals surface area contributed by atoms with Crippen LogP contribution in [0, 0.1) is 0 Å². The molecule has 3 heterocycles. The fourth-order valence-corrected chi connectivity index (χ4v) is 3.69. The number of fused-ring (bicyclic) bond motifs is 1. The lowest BCUT2D eigenvalue weighted by molar-refractivity contribution is -0.0298. The molecule has 1 N–H and O–H groups in total. The van der Waals surface area contributed by atoms with Crippen molar-refractivity contribution in [1.82, 2.24) is 19.5 Å². The van der Waals surface area contributed by atoms with E-state index in [9.17, 15) is 0 Å². The molecule has 4 rings (SSSR count). The number of aromatic nitrogens is 4. The van der Waals surface area contributed by atoms with Crippen molar-refractivity contribution in [2.45, 2.75) is 30.6 Å². The van der Waals surface area contributed by atoms with E-state index in [1.807, 2.05) is 41.4 Å². The monoisotopic (exact) mass is 419 g/mol. The molecule has 1 unspecified atom stereocenters. The number of halogens is 1. The molecule has 0 saturated carbocycles. The molecule has 1 aliphatic rings. The van der Waals surface area contributed by atoms with Crippen LogP contribution in [0.4, 0.5) is 11.5 Å². The van der Waals surface area contributed by atoms with Gasteiger partial charge >= 0.3 is 0 Å². The first-order valence-corrected chi connectivity index (χ1v) is 10.2. The molecular weight excluding hydrogens is 402 g/mol. The third kappa shape index (κ3) is 3.51. The summed E-state index contributed by atoms with van der Waals surface area (Å²) < 4.78 is 8.95. The van der Waals surface area contributed by atoms with Crippen LogP contribution in [0.2, 0.25) is 0 Å². The molecule has 1 fully saturated rings. The summed E-state index contributed by atoms with van der Waals surface area (Å²) in [5, 5.41) is 4.08. The van der Waals surface area contributed by atoms with Gasteiger partial charge in [-0.15, -0.1) is 0 Å². The first-order chi connectivity index (χ1) is 12.2. The summed E-state index contributed by atoms with van der Waals surface area (Å²) in [6.45, 7) is 0.786. The van der Waals surface area contributed by atoms with E-state index in [1.54, 1.807) is 0 Å². The molecular formula is C17H18BrN5OS. The van der Waals surface area contributed by atoms with E-state index < -0.39 is 0 Å². The van der Waals surface area contributed by atoms with Gasteiger partial charge in [-0.1, -0.05) is 33.8 Å². The van der Waals surface area contributed by atoms with Crippen LogP contribution in [0.3, 0.4) is 0 Å². The average Bonchev–Trinajstić information content (AvgIpc) is 3.06.